The van der Waals surface area contributed by atoms with Gasteiger partial charge in [0.1, 0.15) is 5.75 Å². The topological polar surface area (TPSA) is 99.1 Å². The fourth-order valence-electron chi connectivity index (χ4n) is 12.5. The van der Waals surface area contributed by atoms with Crippen molar-refractivity contribution in [3.8, 4) is 5.75 Å². The molecule has 7 aliphatic carbocycles. The fourth-order valence-corrected chi connectivity index (χ4v) is 12.5. The molecule has 10 rings (SSSR count). The summed E-state index contributed by atoms with van der Waals surface area (Å²) < 4.78 is 47.0. The zero-order valence-corrected chi connectivity index (χ0v) is 34.6. The summed E-state index contributed by atoms with van der Waals surface area (Å²) in [7, 11) is 1.60. The Morgan fingerprint density at radius 1 is 0.915 bits per heavy atom. The van der Waals surface area contributed by atoms with Gasteiger partial charge in [-0.25, -0.2) is 4.79 Å². The highest BCUT2D eigenvalue weighted by Gasteiger charge is 2.59. The number of ether oxygens (including phenoxy) is 1. The van der Waals surface area contributed by atoms with Crippen molar-refractivity contribution in [3.05, 3.63) is 106 Å². The SMILES string of the molecule is COc1ccc(NC(=O)N(CC23CC4CC(CC(C4)C2)C3)C[C@]2(O)CC[C@H]3c4ccc(cc4C(=O)c4cccc(C(F)(F)F)c4)C[C@@H](O)CCC(C)=CCC[C@@]32C)cc1. The summed E-state index contributed by atoms with van der Waals surface area (Å²) in [5.74, 6) is 1.84. The van der Waals surface area contributed by atoms with Crippen LogP contribution < -0.4 is 10.1 Å². The molecule has 10 heteroatoms. The molecule has 3 N–H and O–H groups in total. The number of fused-ring (bicyclic) bond motifs is 8. The number of allylic oxidation sites excluding steroid dienone is 2. The second kappa shape index (κ2) is 16.0. The van der Waals surface area contributed by atoms with E-state index in [0.29, 0.717) is 91.8 Å². The number of alkyl halides is 3. The average molecular weight is 813 g/mol. The normalized spacial score (nSPS) is 31.6. The third kappa shape index (κ3) is 8.46. The van der Waals surface area contributed by atoms with Crippen LogP contribution in [-0.2, 0) is 12.6 Å². The predicted octanol–water partition coefficient (Wildman–Crippen LogP) is 10.7. The van der Waals surface area contributed by atoms with Gasteiger partial charge in [0.25, 0.3) is 0 Å². The number of aliphatic hydroxyl groups is 2. The highest BCUT2D eigenvalue weighted by atomic mass is 19.4. The maximum atomic E-state index is 14.6. The lowest BCUT2D eigenvalue weighted by atomic mass is 9.49. The van der Waals surface area contributed by atoms with Crippen molar-refractivity contribution in [3.63, 3.8) is 0 Å². The van der Waals surface area contributed by atoms with E-state index >= 15 is 0 Å². The Morgan fingerprint density at radius 2 is 1.61 bits per heavy atom. The van der Waals surface area contributed by atoms with Crippen LogP contribution in [0.2, 0.25) is 0 Å². The van der Waals surface area contributed by atoms with Crippen LogP contribution in [0, 0.1) is 28.6 Å². The van der Waals surface area contributed by atoms with E-state index in [1.165, 1.54) is 31.4 Å². The van der Waals surface area contributed by atoms with Crippen LogP contribution in [0.15, 0.2) is 78.4 Å². The molecule has 0 aromatic heterocycles. The minimum Gasteiger partial charge on any atom is -0.497 e. The number of halogens is 3. The second-order valence-electron chi connectivity index (χ2n) is 19.3. The van der Waals surface area contributed by atoms with Crippen LogP contribution in [0.25, 0.3) is 0 Å². The lowest BCUT2D eigenvalue weighted by Gasteiger charge is -2.58. The number of urea groups is 1. The van der Waals surface area contributed by atoms with Crippen molar-refractivity contribution in [1.29, 1.82) is 0 Å². The van der Waals surface area contributed by atoms with E-state index < -0.39 is 34.6 Å². The summed E-state index contributed by atoms with van der Waals surface area (Å²) in [5, 5.41) is 27.5. The van der Waals surface area contributed by atoms with Crippen LogP contribution in [-0.4, -0.2) is 58.8 Å². The quantitative estimate of drug-likeness (QED) is 0.155. The molecule has 6 bridgehead atoms. The first-order chi connectivity index (χ1) is 28.0. The molecule has 0 radical (unpaired) electrons. The fraction of sp³-hybridized carbons (Fsp3) is 0.551. The molecular formula is C49H59F3N2O5. The van der Waals surface area contributed by atoms with E-state index in [4.69, 9.17) is 4.74 Å². The minimum absolute atomic E-state index is 0.00465. The molecule has 5 fully saturated rings. The maximum Gasteiger partial charge on any atom is 0.416 e. The van der Waals surface area contributed by atoms with Crippen LogP contribution in [0.5, 0.6) is 5.75 Å². The lowest BCUT2D eigenvalue weighted by molar-refractivity contribution is -0.137. The molecular weight excluding hydrogens is 754 g/mol. The Labute approximate surface area is 346 Å². The van der Waals surface area contributed by atoms with E-state index in [9.17, 15) is 33.0 Å². The van der Waals surface area contributed by atoms with Crippen molar-refractivity contribution in [2.24, 2.45) is 28.6 Å². The summed E-state index contributed by atoms with van der Waals surface area (Å²) >= 11 is 0. The average Bonchev–Trinajstić information content (AvgIpc) is 3.44. The summed E-state index contributed by atoms with van der Waals surface area (Å²) in [5.41, 5.74) is 0.322. The Balaban J connectivity index is 1.18. The third-order valence-electron chi connectivity index (χ3n) is 15.1. The van der Waals surface area contributed by atoms with Gasteiger partial charge in [-0.05, 0) is 173 Å². The first-order valence-corrected chi connectivity index (χ1v) is 21.7. The molecule has 7 nitrogen and oxygen atoms in total. The second-order valence-corrected chi connectivity index (χ2v) is 19.3. The van der Waals surface area contributed by atoms with Gasteiger partial charge in [0.05, 0.1) is 30.9 Å². The first kappa shape index (κ1) is 41.6. The Kier molecular flexibility index (Phi) is 11.3. The molecule has 7 aliphatic rings. The van der Waals surface area contributed by atoms with E-state index in [1.807, 2.05) is 41.3 Å². The van der Waals surface area contributed by atoms with Crippen molar-refractivity contribution in [1.82, 2.24) is 4.90 Å². The molecule has 5 saturated carbocycles. The molecule has 0 heterocycles. The van der Waals surface area contributed by atoms with Gasteiger partial charge in [-0.2, -0.15) is 13.2 Å². The molecule has 0 spiro atoms. The number of ketones is 1. The van der Waals surface area contributed by atoms with E-state index in [-0.39, 0.29) is 29.5 Å². The first-order valence-electron chi connectivity index (χ1n) is 21.7. The van der Waals surface area contributed by atoms with E-state index in [1.54, 1.807) is 13.2 Å². The van der Waals surface area contributed by atoms with E-state index in [2.05, 4.69) is 25.2 Å². The van der Waals surface area contributed by atoms with Gasteiger partial charge >= 0.3 is 12.2 Å². The van der Waals surface area contributed by atoms with E-state index in [0.717, 1.165) is 42.5 Å². The largest absolute Gasteiger partial charge is 0.497 e. The minimum atomic E-state index is -4.62. The Hall–Kier alpha value is -4.15. The Morgan fingerprint density at radius 3 is 2.27 bits per heavy atom. The van der Waals surface area contributed by atoms with Gasteiger partial charge in [-0.1, -0.05) is 42.8 Å². The molecule has 2 amide bonds. The van der Waals surface area contributed by atoms with Gasteiger partial charge in [0.15, 0.2) is 5.78 Å². The molecule has 3 aromatic carbocycles. The number of amides is 2. The van der Waals surface area contributed by atoms with Crippen molar-refractivity contribution in [2.45, 2.75) is 121 Å². The number of benzene rings is 3. The summed E-state index contributed by atoms with van der Waals surface area (Å²) in [6.07, 6.45) is 7.59. The van der Waals surface area contributed by atoms with Crippen LogP contribution in [0.1, 0.15) is 129 Å². The molecule has 0 aliphatic heterocycles. The molecule has 3 aromatic rings. The number of anilines is 1. The lowest BCUT2D eigenvalue weighted by Crippen LogP contribution is -2.58. The predicted molar refractivity (Wildman–Crippen MR) is 222 cm³/mol. The zero-order valence-electron chi connectivity index (χ0n) is 34.6. The number of rotatable bonds is 8. The standard InChI is InChI=1S/C49H59F3N2O5/c1-31-6-5-18-46(2)43(41-16-10-32(23-39(55)13-9-31)24-42(41)44(56)36-7-4-8-37(25-36)49(50,51)52)17-19-48(46,58)30-54(45(57)53-38-11-14-40(59-3)15-12-38)29-47-26-33-20-34(27-47)22-35(21-33)28-47/h4,6-8,10-12,14-16,24-25,33-35,39,43,55,58H,5,9,13,17-23,26-30H2,1-3H3,(H,53,57)/t33?,34?,35?,39-,43-,46-,47?,48+/m0/s1. The molecule has 0 saturated heterocycles. The number of nitrogens with one attached hydrogen (secondary N) is 1. The number of hydrogen-bond acceptors (Lipinski definition) is 5. The highest BCUT2D eigenvalue weighted by Crippen LogP contribution is 2.62. The van der Waals surface area contributed by atoms with Gasteiger partial charge in [-0.3, -0.25) is 4.79 Å². The summed E-state index contributed by atoms with van der Waals surface area (Å²) in [6, 6.07) is 17.1. The smallest absolute Gasteiger partial charge is 0.416 e. The van der Waals surface area contributed by atoms with Crippen LogP contribution in [0.3, 0.4) is 0 Å². The Bertz CT molecular complexity index is 2040. The molecule has 0 unspecified atom stereocenters. The van der Waals surface area contributed by atoms with Crippen molar-refractivity contribution < 1.29 is 37.7 Å². The number of carbonyl (C=O) groups excluding carboxylic acids is 2. The number of methoxy groups -OCH3 is 1. The maximum absolute atomic E-state index is 14.6. The number of nitrogens with zero attached hydrogens (tertiary/aromatic N) is 1. The number of aliphatic hydroxyl groups excluding tert-OH is 1. The van der Waals surface area contributed by atoms with Crippen molar-refractivity contribution >= 4 is 17.5 Å². The van der Waals surface area contributed by atoms with Crippen LogP contribution in [0.4, 0.5) is 23.7 Å². The molecule has 59 heavy (non-hydrogen) atoms. The number of hydrogen-bond donors (Lipinski definition) is 3. The van der Waals surface area contributed by atoms with Gasteiger partial charge < -0.3 is 25.2 Å². The van der Waals surface area contributed by atoms with Crippen molar-refractivity contribution in [2.75, 3.05) is 25.5 Å². The summed E-state index contributed by atoms with van der Waals surface area (Å²) in [4.78, 5) is 31.0. The summed E-state index contributed by atoms with van der Waals surface area (Å²) in [6.45, 7) is 4.81. The van der Waals surface area contributed by atoms with Gasteiger partial charge in [-0.15, -0.1) is 0 Å². The van der Waals surface area contributed by atoms with Gasteiger partial charge in [0.2, 0.25) is 0 Å². The molecule has 316 valence electrons. The molecule has 4 atom stereocenters. The van der Waals surface area contributed by atoms with Crippen LogP contribution >= 0.6 is 0 Å². The monoisotopic (exact) mass is 812 g/mol. The third-order valence-corrected chi connectivity index (χ3v) is 15.1. The zero-order chi connectivity index (χ0) is 41.7. The number of carbonyl (C=O) groups is 2. The van der Waals surface area contributed by atoms with Gasteiger partial charge in [0, 0.05) is 28.8 Å². The highest BCUT2D eigenvalue weighted by molar-refractivity contribution is 6.10.